The highest BCUT2D eigenvalue weighted by Gasteiger charge is 2.27. The average molecular weight is 273 g/mol. The van der Waals surface area contributed by atoms with Gasteiger partial charge in [0, 0.05) is 20.9 Å². The van der Waals surface area contributed by atoms with Crippen molar-refractivity contribution < 1.29 is 8.68 Å². The van der Waals surface area contributed by atoms with Crippen LogP contribution in [-0.2, 0) is 7.05 Å². The molecule has 0 spiro atoms. The van der Waals surface area contributed by atoms with Gasteiger partial charge in [0.25, 0.3) is 0 Å². The lowest BCUT2D eigenvalue weighted by Gasteiger charge is -2.19. The van der Waals surface area contributed by atoms with Gasteiger partial charge in [-0.25, -0.2) is 4.57 Å². The Balaban J connectivity index is 2.68. The van der Waals surface area contributed by atoms with E-state index in [-0.39, 0.29) is 0 Å². The summed E-state index contributed by atoms with van der Waals surface area (Å²) in [7, 11) is 0.555. The molecular formula is C17H24NSi+. The van der Waals surface area contributed by atoms with E-state index in [0.29, 0.717) is 5.56 Å². The first-order valence-electron chi connectivity index (χ1n) is 8.12. The summed E-state index contributed by atoms with van der Waals surface area (Å²) in [6.45, 7) is 6.93. The van der Waals surface area contributed by atoms with Crippen LogP contribution in [-0.4, -0.2) is 8.07 Å². The summed E-state index contributed by atoms with van der Waals surface area (Å²) in [5, 5.41) is 1.39. The molecular weight excluding hydrogens is 246 g/mol. The number of aryl methyl sites for hydroxylation is 3. The molecule has 0 atom stereocenters. The van der Waals surface area contributed by atoms with E-state index in [0.717, 1.165) is 11.1 Å². The molecule has 0 bridgehead atoms. The second-order valence-electron chi connectivity index (χ2n) is 6.16. The minimum atomic E-state index is -2.05. The highest BCUT2D eigenvalue weighted by atomic mass is 28.3. The van der Waals surface area contributed by atoms with Crippen molar-refractivity contribution in [3.8, 4) is 11.3 Å². The van der Waals surface area contributed by atoms with Crippen LogP contribution in [0.15, 0.2) is 36.5 Å². The quantitative estimate of drug-likeness (QED) is 0.584. The van der Waals surface area contributed by atoms with E-state index in [1.165, 1.54) is 10.9 Å². The first-order valence-corrected chi connectivity index (χ1v) is 10.1. The van der Waals surface area contributed by atoms with Crippen LogP contribution in [0, 0.1) is 13.8 Å². The van der Waals surface area contributed by atoms with Crippen molar-refractivity contribution >= 4 is 13.3 Å². The number of rotatable bonds is 2. The monoisotopic (exact) mass is 273 g/mol. The van der Waals surface area contributed by atoms with Crippen LogP contribution in [0.4, 0.5) is 0 Å². The lowest BCUT2D eigenvalue weighted by molar-refractivity contribution is -0.659. The molecule has 2 heteroatoms. The molecule has 0 radical (unpaired) electrons. The standard InChI is InChI=1S/C17H24NSi/c1-13-9-10-15(14(2)12-13)17-16(19(4,5)6)8-7-11-18(17)3/h7-12H,1-6H3/q+1/i1D3. The average Bonchev–Trinajstić information content (AvgIpc) is 2.36. The van der Waals surface area contributed by atoms with Gasteiger partial charge in [0.15, 0.2) is 6.20 Å². The number of nitrogens with zero attached hydrogens (tertiary/aromatic N) is 1. The van der Waals surface area contributed by atoms with Gasteiger partial charge in [0.2, 0.25) is 5.69 Å². The van der Waals surface area contributed by atoms with Gasteiger partial charge in [-0.05, 0) is 25.4 Å². The molecule has 0 aliphatic rings. The summed E-state index contributed by atoms with van der Waals surface area (Å²) < 4.78 is 24.8. The van der Waals surface area contributed by atoms with E-state index >= 15 is 0 Å². The normalized spacial score (nSPS) is 14.7. The van der Waals surface area contributed by atoms with Crippen molar-refractivity contribution in [3.05, 3.63) is 47.7 Å². The summed E-state index contributed by atoms with van der Waals surface area (Å²) in [6, 6.07) is 9.78. The molecule has 0 N–H and O–H groups in total. The Morgan fingerprint density at radius 3 is 2.47 bits per heavy atom. The molecule has 1 nitrogen and oxygen atoms in total. The van der Waals surface area contributed by atoms with E-state index in [4.69, 9.17) is 4.11 Å². The fourth-order valence-electron chi connectivity index (χ4n) is 2.48. The van der Waals surface area contributed by atoms with Gasteiger partial charge in [0.1, 0.15) is 7.05 Å². The maximum absolute atomic E-state index is 7.56. The molecule has 1 aromatic carbocycles. The second kappa shape index (κ2) is 4.93. The van der Waals surface area contributed by atoms with Crippen molar-refractivity contribution in [2.45, 2.75) is 33.4 Å². The lowest BCUT2D eigenvalue weighted by atomic mass is 10.0. The predicted molar refractivity (Wildman–Crippen MR) is 85.5 cm³/mol. The Morgan fingerprint density at radius 1 is 1.16 bits per heavy atom. The van der Waals surface area contributed by atoms with E-state index < -0.39 is 14.9 Å². The Morgan fingerprint density at radius 2 is 1.89 bits per heavy atom. The fraction of sp³-hybridized carbons (Fsp3) is 0.353. The smallest absolute Gasteiger partial charge is 0.201 e. The third-order valence-corrected chi connectivity index (χ3v) is 5.49. The summed E-state index contributed by atoms with van der Waals surface area (Å²) >= 11 is 0. The molecule has 100 valence electrons. The van der Waals surface area contributed by atoms with Crippen molar-refractivity contribution in [1.82, 2.24) is 0 Å². The third kappa shape index (κ3) is 2.79. The molecule has 0 amide bonds. The SMILES string of the molecule is [2H]C([2H])([2H])c1ccc(-c2c([Si](C)(C)C)ccc[n+]2C)c(C)c1. The first-order chi connectivity index (χ1) is 10.0. The summed E-state index contributed by atoms with van der Waals surface area (Å²) in [4.78, 5) is 0. The number of hydrogen-bond acceptors (Lipinski definition) is 0. The number of hydrogen-bond donors (Lipinski definition) is 0. The molecule has 0 fully saturated rings. The van der Waals surface area contributed by atoms with Crippen molar-refractivity contribution in [2.75, 3.05) is 0 Å². The Hall–Kier alpha value is -1.41. The zero-order valence-electron chi connectivity index (χ0n) is 15.4. The van der Waals surface area contributed by atoms with E-state index in [1.54, 1.807) is 12.1 Å². The lowest BCUT2D eigenvalue weighted by Crippen LogP contribution is -2.47. The number of pyridine rings is 1. The predicted octanol–water partition coefficient (Wildman–Crippen LogP) is 3.34. The number of aromatic nitrogens is 1. The Labute approximate surface area is 122 Å². The molecule has 0 saturated heterocycles. The molecule has 19 heavy (non-hydrogen) atoms. The van der Waals surface area contributed by atoms with E-state index in [1.807, 2.05) is 13.0 Å². The van der Waals surface area contributed by atoms with Crippen LogP contribution in [0.25, 0.3) is 11.3 Å². The molecule has 1 aromatic heterocycles. The molecule has 0 unspecified atom stereocenters. The molecule has 0 aliphatic carbocycles. The summed E-state index contributed by atoms with van der Waals surface area (Å²) in [6.07, 6.45) is 2.05. The minimum Gasteiger partial charge on any atom is -0.201 e. The zero-order chi connectivity index (χ0) is 16.7. The van der Waals surface area contributed by atoms with Gasteiger partial charge in [-0.1, -0.05) is 43.4 Å². The van der Waals surface area contributed by atoms with Gasteiger partial charge in [-0.15, -0.1) is 0 Å². The van der Waals surface area contributed by atoms with Gasteiger partial charge in [0.05, 0.1) is 8.07 Å². The largest absolute Gasteiger partial charge is 0.211 e. The maximum atomic E-state index is 7.56. The van der Waals surface area contributed by atoms with Crippen LogP contribution in [0.1, 0.15) is 15.2 Å². The first kappa shape index (κ1) is 10.4. The molecule has 1 heterocycles. The maximum Gasteiger partial charge on any atom is 0.211 e. The summed E-state index contributed by atoms with van der Waals surface area (Å²) in [5.41, 5.74) is 3.74. The van der Waals surface area contributed by atoms with Crippen molar-refractivity contribution in [1.29, 1.82) is 0 Å². The Kier molecular flexibility index (Phi) is 2.69. The molecule has 0 saturated carbocycles. The van der Waals surface area contributed by atoms with E-state index in [2.05, 4.69) is 49.6 Å². The van der Waals surface area contributed by atoms with Crippen LogP contribution in [0.2, 0.25) is 19.6 Å². The van der Waals surface area contributed by atoms with Gasteiger partial charge < -0.3 is 0 Å². The summed E-state index contributed by atoms with van der Waals surface area (Å²) in [5.74, 6) is 0. The van der Waals surface area contributed by atoms with Crippen molar-refractivity contribution in [3.63, 3.8) is 0 Å². The van der Waals surface area contributed by atoms with Crippen LogP contribution < -0.4 is 9.75 Å². The van der Waals surface area contributed by atoms with Crippen LogP contribution in [0.5, 0.6) is 0 Å². The topological polar surface area (TPSA) is 3.88 Å². The number of benzene rings is 1. The van der Waals surface area contributed by atoms with Crippen LogP contribution >= 0.6 is 0 Å². The zero-order valence-corrected chi connectivity index (χ0v) is 13.4. The Bertz CT molecular complexity index is 700. The van der Waals surface area contributed by atoms with Gasteiger partial charge in [-0.2, -0.15) is 0 Å². The highest BCUT2D eigenvalue weighted by Crippen LogP contribution is 2.22. The fourth-order valence-corrected chi connectivity index (χ4v) is 4.10. The van der Waals surface area contributed by atoms with Crippen LogP contribution in [0.3, 0.4) is 0 Å². The van der Waals surface area contributed by atoms with Gasteiger partial charge >= 0.3 is 0 Å². The molecule has 2 rings (SSSR count). The molecule has 2 aromatic rings. The molecule has 0 aliphatic heterocycles. The van der Waals surface area contributed by atoms with Gasteiger partial charge in [-0.3, -0.25) is 0 Å². The second-order valence-corrected chi connectivity index (χ2v) is 11.2. The minimum absolute atomic E-state index is 0.405. The third-order valence-electron chi connectivity index (χ3n) is 3.47. The van der Waals surface area contributed by atoms with E-state index in [9.17, 15) is 0 Å². The highest BCUT2D eigenvalue weighted by molar-refractivity contribution is 6.89. The van der Waals surface area contributed by atoms with Crippen molar-refractivity contribution in [2.24, 2.45) is 7.05 Å².